The Labute approximate surface area is 124 Å². The van der Waals surface area contributed by atoms with Crippen LogP contribution in [0.25, 0.3) is 0 Å². The molecule has 0 fully saturated rings. The fourth-order valence-electron chi connectivity index (χ4n) is 1.21. The molecule has 2 aromatic heterocycles. The lowest BCUT2D eigenvalue weighted by Crippen LogP contribution is -1.93. The third kappa shape index (κ3) is 4.58. The first-order valence-corrected chi connectivity index (χ1v) is 6.29. The Morgan fingerprint density at radius 3 is 2.50 bits per heavy atom. The molecule has 2 heterocycles. The number of methoxy groups -OCH3 is 1. The Hall–Kier alpha value is -2.02. The zero-order valence-corrected chi connectivity index (χ0v) is 12.5. The maximum absolute atomic E-state index is 12.7. The van der Waals surface area contributed by atoms with Crippen molar-refractivity contribution in [1.29, 1.82) is 0 Å². The number of nitrogens with two attached hydrogens (primary N) is 1. The van der Waals surface area contributed by atoms with Gasteiger partial charge in [-0.3, -0.25) is 4.79 Å². The Morgan fingerprint density at radius 1 is 1.35 bits per heavy atom. The number of hydrogen-bond acceptors (Lipinski definition) is 5. The Morgan fingerprint density at radius 2 is 2.05 bits per heavy atom. The quantitative estimate of drug-likeness (QED) is 0.849. The number of carbonyl (C=O) groups excluding carboxylic acids is 1. The number of aryl methyl sites for hydroxylation is 1. The average molecular weight is 342 g/mol. The van der Waals surface area contributed by atoms with Crippen LogP contribution in [0.15, 0.2) is 29.0 Å². The van der Waals surface area contributed by atoms with Crippen LogP contribution in [0.1, 0.15) is 15.9 Å². The van der Waals surface area contributed by atoms with Gasteiger partial charge in [0.1, 0.15) is 5.82 Å². The number of nitrogens with zero attached hydrogens (tertiary/aromatic N) is 2. The summed E-state index contributed by atoms with van der Waals surface area (Å²) in [5, 5.41) is 0. The molecule has 0 aliphatic carbocycles. The third-order valence-corrected chi connectivity index (χ3v) is 2.68. The highest BCUT2D eigenvalue weighted by molar-refractivity contribution is 9.10. The van der Waals surface area contributed by atoms with Crippen molar-refractivity contribution >= 4 is 28.0 Å². The maximum Gasteiger partial charge on any atom is 0.250 e. The summed E-state index contributed by atoms with van der Waals surface area (Å²) in [5.74, 6) is -0.133. The van der Waals surface area contributed by atoms with Crippen molar-refractivity contribution in [3.63, 3.8) is 0 Å². The van der Waals surface area contributed by atoms with Gasteiger partial charge in [-0.2, -0.15) is 0 Å². The van der Waals surface area contributed by atoms with E-state index in [1.165, 1.54) is 13.3 Å². The van der Waals surface area contributed by atoms with Crippen molar-refractivity contribution in [2.45, 2.75) is 6.92 Å². The molecule has 0 unspecified atom stereocenters. The number of anilines is 1. The van der Waals surface area contributed by atoms with Crippen LogP contribution in [-0.4, -0.2) is 23.4 Å². The molecule has 2 aromatic rings. The smallest absolute Gasteiger partial charge is 0.250 e. The third-order valence-electron chi connectivity index (χ3n) is 2.24. The number of pyridine rings is 2. The van der Waals surface area contributed by atoms with Gasteiger partial charge in [-0.25, -0.2) is 14.4 Å². The van der Waals surface area contributed by atoms with Crippen LogP contribution in [0.2, 0.25) is 0 Å². The number of aromatic nitrogens is 2. The van der Waals surface area contributed by atoms with Crippen molar-refractivity contribution in [2.24, 2.45) is 0 Å². The van der Waals surface area contributed by atoms with Crippen LogP contribution in [0.4, 0.5) is 10.2 Å². The molecule has 0 radical (unpaired) electrons. The number of ether oxygens (including phenoxy) is 1. The number of carbonyl (C=O) groups is 1. The molecule has 0 saturated heterocycles. The van der Waals surface area contributed by atoms with Crippen LogP contribution in [0, 0.1) is 12.7 Å². The molecule has 0 saturated carbocycles. The summed E-state index contributed by atoms with van der Waals surface area (Å²) in [6.07, 6.45) is 3.45. The molecule has 0 spiro atoms. The van der Waals surface area contributed by atoms with E-state index in [0.717, 1.165) is 16.1 Å². The number of nitrogen functional groups attached to an aromatic ring is 1. The van der Waals surface area contributed by atoms with Gasteiger partial charge in [0.05, 0.1) is 7.11 Å². The number of halogens is 2. The summed E-state index contributed by atoms with van der Waals surface area (Å²) in [6.45, 7) is 1.92. The maximum atomic E-state index is 12.7. The molecule has 5 nitrogen and oxygen atoms in total. The van der Waals surface area contributed by atoms with Crippen LogP contribution in [0.5, 0.6) is 5.88 Å². The first-order valence-electron chi connectivity index (χ1n) is 5.50. The molecule has 7 heteroatoms. The molecule has 0 aliphatic heterocycles. The minimum absolute atomic E-state index is 0.101. The van der Waals surface area contributed by atoms with E-state index in [-0.39, 0.29) is 11.4 Å². The van der Waals surface area contributed by atoms with Gasteiger partial charge in [0, 0.05) is 22.4 Å². The summed E-state index contributed by atoms with van der Waals surface area (Å²) < 4.78 is 18.2. The molecule has 2 rings (SSSR count). The largest absolute Gasteiger partial charge is 0.479 e. The van der Waals surface area contributed by atoms with E-state index in [9.17, 15) is 9.18 Å². The molecular weight excluding hydrogens is 329 g/mol. The van der Waals surface area contributed by atoms with Gasteiger partial charge in [0.15, 0.2) is 12.1 Å². The van der Waals surface area contributed by atoms with Crippen LogP contribution in [-0.2, 0) is 0 Å². The van der Waals surface area contributed by atoms with Gasteiger partial charge >= 0.3 is 0 Å². The second-order valence-corrected chi connectivity index (χ2v) is 4.65. The lowest BCUT2D eigenvalue weighted by Gasteiger charge is -1.98. The van der Waals surface area contributed by atoms with Crippen molar-refractivity contribution in [1.82, 2.24) is 9.97 Å². The van der Waals surface area contributed by atoms with E-state index in [0.29, 0.717) is 12.1 Å². The minimum Gasteiger partial charge on any atom is -0.479 e. The van der Waals surface area contributed by atoms with Crippen LogP contribution < -0.4 is 10.5 Å². The van der Waals surface area contributed by atoms with Crippen LogP contribution >= 0.6 is 15.9 Å². The van der Waals surface area contributed by atoms with Gasteiger partial charge in [0.25, 0.3) is 0 Å². The minimum atomic E-state index is -0.628. The van der Waals surface area contributed by atoms with E-state index in [2.05, 4.69) is 30.6 Å². The van der Waals surface area contributed by atoms with Crippen molar-refractivity contribution in [2.75, 3.05) is 12.8 Å². The Balaban J connectivity index is 0.000000204. The molecule has 2 N–H and O–H groups in total. The van der Waals surface area contributed by atoms with Crippen molar-refractivity contribution < 1.29 is 13.9 Å². The highest BCUT2D eigenvalue weighted by Crippen LogP contribution is 2.13. The lowest BCUT2D eigenvalue weighted by atomic mass is 10.3. The number of aldehydes is 1. The van der Waals surface area contributed by atoms with Gasteiger partial charge in [-0.15, -0.1) is 0 Å². The molecule has 0 aromatic carbocycles. The van der Waals surface area contributed by atoms with Crippen molar-refractivity contribution in [3.05, 3.63) is 45.9 Å². The predicted molar refractivity (Wildman–Crippen MR) is 77.2 cm³/mol. The Kier molecular flexibility index (Phi) is 6.05. The first kappa shape index (κ1) is 16.0. The van der Waals surface area contributed by atoms with Gasteiger partial charge in [-0.05, 0) is 40.5 Å². The SMILES string of the molecule is COc1ncc(C=O)cc1F.Cc1cc(Br)cnc1N. The van der Waals surface area contributed by atoms with E-state index >= 15 is 0 Å². The number of hydrogen-bond donors (Lipinski definition) is 1. The number of rotatable bonds is 2. The van der Waals surface area contributed by atoms with Gasteiger partial charge < -0.3 is 10.5 Å². The average Bonchev–Trinajstić information content (AvgIpc) is 2.44. The van der Waals surface area contributed by atoms with E-state index in [4.69, 9.17) is 5.73 Å². The predicted octanol–water partition coefficient (Wildman–Crippen LogP) is 2.78. The highest BCUT2D eigenvalue weighted by atomic mass is 79.9. The summed E-state index contributed by atoms with van der Waals surface area (Å²) in [6, 6.07) is 3.00. The molecule has 0 amide bonds. The normalized spacial score (nSPS) is 9.40. The van der Waals surface area contributed by atoms with Crippen LogP contribution in [0.3, 0.4) is 0 Å². The molecule has 106 valence electrons. The second kappa shape index (κ2) is 7.54. The molecule has 20 heavy (non-hydrogen) atoms. The highest BCUT2D eigenvalue weighted by Gasteiger charge is 2.03. The summed E-state index contributed by atoms with van der Waals surface area (Å²) in [4.78, 5) is 17.6. The second-order valence-electron chi connectivity index (χ2n) is 3.73. The Bertz CT molecular complexity index is 608. The summed E-state index contributed by atoms with van der Waals surface area (Å²) in [5.41, 5.74) is 6.66. The van der Waals surface area contributed by atoms with Crippen molar-refractivity contribution in [3.8, 4) is 5.88 Å². The molecular formula is C13H13BrFN3O2. The zero-order chi connectivity index (χ0) is 15.1. The van der Waals surface area contributed by atoms with Gasteiger partial charge in [0.2, 0.25) is 5.88 Å². The lowest BCUT2D eigenvalue weighted by molar-refractivity contribution is 0.112. The van der Waals surface area contributed by atoms with E-state index in [1.54, 1.807) is 6.20 Å². The zero-order valence-electron chi connectivity index (χ0n) is 10.9. The monoisotopic (exact) mass is 341 g/mol. The standard InChI is InChI=1S/C7H6FNO2.C6H7BrN2/c1-11-7-6(8)2-5(4-10)3-9-7;1-4-2-5(7)3-9-6(4)8/h2-4H,1H3;2-3H,1H3,(H2,8,9). The topological polar surface area (TPSA) is 78.1 Å². The van der Waals surface area contributed by atoms with Gasteiger partial charge in [-0.1, -0.05) is 0 Å². The summed E-state index contributed by atoms with van der Waals surface area (Å²) in [7, 11) is 1.31. The fraction of sp³-hybridized carbons (Fsp3) is 0.154. The first-order chi connectivity index (χ1) is 9.47. The molecule has 0 aliphatic rings. The molecule has 0 bridgehead atoms. The molecule has 0 atom stereocenters. The fourth-order valence-corrected chi connectivity index (χ4v) is 1.65. The van der Waals surface area contributed by atoms with E-state index < -0.39 is 5.82 Å². The van der Waals surface area contributed by atoms with E-state index in [1.807, 2.05) is 13.0 Å². The summed E-state index contributed by atoms with van der Waals surface area (Å²) >= 11 is 3.28.